The van der Waals surface area contributed by atoms with Crippen molar-refractivity contribution in [3.63, 3.8) is 0 Å². The third-order valence-electron chi connectivity index (χ3n) is 11.2. The average molecular weight is 828 g/mol. The van der Waals surface area contributed by atoms with Crippen LogP contribution >= 0.6 is 0 Å². The van der Waals surface area contributed by atoms with E-state index < -0.39 is 91.8 Å². The Kier molecular flexibility index (Phi) is 12.0. The van der Waals surface area contributed by atoms with E-state index in [1.807, 2.05) is 61.5 Å². The molecule has 1 N–H and O–H groups in total. The van der Waals surface area contributed by atoms with Crippen LogP contribution in [0.4, 0.5) is 0 Å². The van der Waals surface area contributed by atoms with Gasteiger partial charge in [-0.15, -0.1) is 6.58 Å². The highest BCUT2D eigenvalue weighted by Crippen LogP contribution is 2.57. The second-order valence-electron chi connectivity index (χ2n) is 17.5. The highest BCUT2D eigenvalue weighted by molar-refractivity contribution is 7.90. The van der Waals surface area contributed by atoms with Gasteiger partial charge in [0.05, 0.1) is 46.8 Å². The molecule has 1 saturated heterocycles. The number of benzene rings is 2. The number of pyridine rings is 1. The van der Waals surface area contributed by atoms with Crippen molar-refractivity contribution < 1.29 is 46.6 Å². The standard InChI is InChI=1S/C45H53N3O10S/c1-9-29-24-45(29,42(53)47-59(54,55)31-17-18-31)25-37(49)36-21-30(56-38-23-34(28-14-12-11-13-15-28)46-35-20-27(3)16-19-32(35)38)26-48(36)41(52)33(22-40(51)57-43(4,5)6)44(7,8)58-39(50)10-2/h9-16,19-20,23,29-31,33,36H,1-2,17-18,21-22,24-26H2,3-8H3,(H,47,53)/t29-,30-,33-,36+,45-/m1/s1. The van der Waals surface area contributed by atoms with Crippen LogP contribution in [0.3, 0.4) is 0 Å². The van der Waals surface area contributed by atoms with Crippen molar-refractivity contribution in [1.82, 2.24) is 14.6 Å². The summed E-state index contributed by atoms with van der Waals surface area (Å²) in [7, 11) is -3.92. The van der Waals surface area contributed by atoms with Crippen LogP contribution in [-0.2, 0) is 43.5 Å². The van der Waals surface area contributed by atoms with E-state index in [1.165, 1.54) is 24.8 Å². The fourth-order valence-electron chi connectivity index (χ4n) is 7.83. The molecule has 2 aromatic carbocycles. The van der Waals surface area contributed by atoms with Gasteiger partial charge in [0.15, 0.2) is 5.78 Å². The number of amides is 2. The molecule has 1 aliphatic heterocycles. The molecule has 314 valence electrons. The van der Waals surface area contributed by atoms with Crippen molar-refractivity contribution in [2.45, 2.75) is 109 Å². The molecule has 2 aliphatic carbocycles. The molecule has 0 radical (unpaired) electrons. The summed E-state index contributed by atoms with van der Waals surface area (Å²) in [5, 5.41) is 0.0551. The van der Waals surface area contributed by atoms with Gasteiger partial charge in [0.2, 0.25) is 21.8 Å². The summed E-state index contributed by atoms with van der Waals surface area (Å²) in [4.78, 5) is 75.5. The molecule has 5 atom stereocenters. The molecule has 0 unspecified atom stereocenters. The number of allylic oxidation sites excluding steroid dienone is 1. The number of nitrogens with zero attached hydrogens (tertiary/aromatic N) is 2. The van der Waals surface area contributed by atoms with Crippen LogP contribution in [0.5, 0.6) is 5.75 Å². The van der Waals surface area contributed by atoms with Gasteiger partial charge in [-0.25, -0.2) is 18.2 Å². The largest absolute Gasteiger partial charge is 0.488 e. The third kappa shape index (κ3) is 9.75. The number of aryl methyl sites for hydroxylation is 1. The molecule has 14 heteroatoms. The summed E-state index contributed by atoms with van der Waals surface area (Å²) in [5.74, 6) is -4.82. The number of sulfonamides is 1. The number of rotatable bonds is 16. The summed E-state index contributed by atoms with van der Waals surface area (Å²) in [5.41, 5.74) is -0.686. The fraction of sp³-hybridized carbons (Fsp3) is 0.467. The van der Waals surface area contributed by atoms with E-state index in [-0.39, 0.29) is 25.8 Å². The van der Waals surface area contributed by atoms with Crippen LogP contribution in [0.15, 0.2) is 79.9 Å². The SMILES string of the molecule is C=CC(=O)OC(C)(C)[C@H](CC(=O)OC(C)(C)C)C(=O)N1C[C@H](Oc2cc(-c3ccccc3)nc3cc(C)ccc23)C[C@H]1C(=O)C[C@]1(C(=O)NS(=O)(=O)C2CC2)C[C@H]1C=C. The second kappa shape index (κ2) is 16.4. The summed E-state index contributed by atoms with van der Waals surface area (Å²) in [6.45, 7) is 17.2. The molecular weight excluding hydrogens is 775 g/mol. The van der Waals surface area contributed by atoms with Gasteiger partial charge in [0.25, 0.3) is 0 Å². The van der Waals surface area contributed by atoms with Crippen LogP contribution in [0.25, 0.3) is 22.2 Å². The lowest BCUT2D eigenvalue weighted by Crippen LogP contribution is -2.52. The van der Waals surface area contributed by atoms with E-state index in [0.29, 0.717) is 35.2 Å². The summed E-state index contributed by atoms with van der Waals surface area (Å²) in [6, 6.07) is 16.0. The van der Waals surface area contributed by atoms with Gasteiger partial charge in [-0.2, -0.15) is 0 Å². The Morgan fingerprint density at radius 2 is 1.69 bits per heavy atom. The van der Waals surface area contributed by atoms with E-state index in [9.17, 15) is 32.4 Å². The predicted molar refractivity (Wildman–Crippen MR) is 221 cm³/mol. The first-order valence-electron chi connectivity index (χ1n) is 19.9. The molecule has 13 nitrogen and oxygen atoms in total. The fourth-order valence-corrected chi connectivity index (χ4v) is 9.22. The number of likely N-dealkylation sites (tertiary alicyclic amines) is 1. The van der Waals surface area contributed by atoms with Crippen LogP contribution < -0.4 is 9.46 Å². The molecule has 2 saturated carbocycles. The maximum Gasteiger partial charge on any atom is 0.330 e. The van der Waals surface area contributed by atoms with E-state index in [4.69, 9.17) is 19.2 Å². The maximum absolute atomic E-state index is 15.0. The highest BCUT2D eigenvalue weighted by atomic mass is 32.2. The molecule has 3 aromatic rings. The van der Waals surface area contributed by atoms with E-state index in [1.54, 1.807) is 20.8 Å². The Morgan fingerprint density at radius 3 is 2.31 bits per heavy atom. The van der Waals surface area contributed by atoms with Crippen molar-refractivity contribution in [3.8, 4) is 17.0 Å². The Bertz CT molecular complexity index is 2300. The maximum atomic E-state index is 15.0. The molecule has 1 aromatic heterocycles. The molecule has 0 spiro atoms. The van der Waals surface area contributed by atoms with Crippen LogP contribution in [-0.4, -0.2) is 83.0 Å². The van der Waals surface area contributed by atoms with Gasteiger partial charge >= 0.3 is 11.9 Å². The average Bonchev–Trinajstić information content (AvgIpc) is 4.09. The lowest BCUT2D eigenvalue weighted by atomic mass is 9.85. The van der Waals surface area contributed by atoms with Gasteiger partial charge in [0.1, 0.15) is 23.1 Å². The first kappa shape index (κ1) is 43.2. The van der Waals surface area contributed by atoms with Gasteiger partial charge in [0, 0.05) is 35.9 Å². The van der Waals surface area contributed by atoms with Gasteiger partial charge < -0.3 is 19.1 Å². The summed E-state index contributed by atoms with van der Waals surface area (Å²) in [6.07, 6.45) is 1.95. The number of aromatic nitrogens is 1. The highest BCUT2D eigenvalue weighted by Gasteiger charge is 2.61. The number of esters is 2. The monoisotopic (exact) mass is 827 g/mol. The zero-order valence-electron chi connectivity index (χ0n) is 34.5. The van der Waals surface area contributed by atoms with Crippen molar-refractivity contribution in [1.29, 1.82) is 0 Å². The Hall–Kier alpha value is -5.37. The van der Waals surface area contributed by atoms with E-state index in [2.05, 4.69) is 17.9 Å². The summed E-state index contributed by atoms with van der Waals surface area (Å²) >= 11 is 0. The number of fused-ring (bicyclic) bond motifs is 1. The minimum Gasteiger partial charge on any atom is -0.488 e. The van der Waals surface area contributed by atoms with E-state index in [0.717, 1.165) is 17.2 Å². The Balaban J connectivity index is 1.38. The van der Waals surface area contributed by atoms with Crippen LogP contribution in [0, 0.1) is 24.2 Å². The number of hydrogen-bond acceptors (Lipinski definition) is 11. The molecule has 3 fully saturated rings. The zero-order valence-corrected chi connectivity index (χ0v) is 35.3. The molecular formula is C45H53N3O10S. The van der Waals surface area contributed by atoms with E-state index >= 15 is 0 Å². The molecule has 0 bridgehead atoms. The van der Waals surface area contributed by atoms with Crippen molar-refractivity contribution in [2.75, 3.05) is 6.54 Å². The summed E-state index contributed by atoms with van der Waals surface area (Å²) < 4.78 is 45.9. The van der Waals surface area contributed by atoms with Gasteiger partial charge in [-0.3, -0.25) is 23.9 Å². The van der Waals surface area contributed by atoms with Gasteiger partial charge in [-0.1, -0.05) is 49.1 Å². The number of carbonyl (C=O) groups is 5. The molecule has 59 heavy (non-hydrogen) atoms. The Labute approximate surface area is 345 Å². The molecule has 6 rings (SSSR count). The number of ether oxygens (including phenoxy) is 3. The number of nitrogens with one attached hydrogen (secondary N) is 1. The zero-order chi connectivity index (χ0) is 43.1. The topological polar surface area (TPSA) is 175 Å². The van der Waals surface area contributed by atoms with Crippen molar-refractivity contribution in [3.05, 3.63) is 85.5 Å². The lowest BCUT2D eigenvalue weighted by molar-refractivity contribution is -0.172. The quantitative estimate of drug-likeness (QED) is 0.0993. The second-order valence-corrected chi connectivity index (χ2v) is 19.4. The molecule has 2 heterocycles. The number of ketones is 1. The minimum absolute atomic E-state index is 0.00375. The van der Waals surface area contributed by atoms with Crippen LogP contribution in [0.2, 0.25) is 0 Å². The predicted octanol–water partition coefficient (Wildman–Crippen LogP) is 6.17. The molecule has 2 amide bonds. The minimum atomic E-state index is -3.92. The van der Waals surface area contributed by atoms with Crippen molar-refractivity contribution >= 4 is 50.5 Å². The number of hydrogen-bond donors (Lipinski definition) is 1. The number of Topliss-reactive ketones (excluding diaryl/α,β-unsaturated/α-hetero) is 1. The number of carbonyl (C=O) groups excluding carboxylic acids is 5. The normalized spacial score (nSPS) is 22.2. The van der Waals surface area contributed by atoms with Gasteiger partial charge in [-0.05, 0) is 84.4 Å². The lowest BCUT2D eigenvalue weighted by Gasteiger charge is -2.36. The first-order chi connectivity index (χ1) is 27.7. The molecule has 3 aliphatic rings. The van der Waals surface area contributed by atoms with Crippen LogP contribution in [0.1, 0.15) is 78.7 Å². The van der Waals surface area contributed by atoms with Crippen molar-refractivity contribution in [2.24, 2.45) is 17.3 Å². The third-order valence-corrected chi connectivity index (χ3v) is 13.0. The smallest absolute Gasteiger partial charge is 0.330 e. The first-order valence-corrected chi connectivity index (χ1v) is 21.4. The Morgan fingerprint density at radius 1 is 1.00 bits per heavy atom.